The number of halogens is 1. The minimum Gasteiger partial charge on any atom is -0.494 e. The molecule has 9 heteroatoms. The van der Waals surface area contributed by atoms with Gasteiger partial charge in [-0.25, -0.2) is 9.59 Å². The highest BCUT2D eigenvalue weighted by atomic mass is 35.5. The van der Waals surface area contributed by atoms with Gasteiger partial charge in [0.2, 0.25) is 0 Å². The average Bonchev–Trinajstić information content (AvgIpc) is 3.11. The molecule has 2 aromatic carbocycles. The van der Waals surface area contributed by atoms with Gasteiger partial charge in [0, 0.05) is 13.5 Å². The summed E-state index contributed by atoms with van der Waals surface area (Å²) in [7, 11) is 5.69. The predicted molar refractivity (Wildman–Crippen MR) is 128 cm³/mol. The van der Waals surface area contributed by atoms with Crippen LogP contribution in [0.15, 0.2) is 39.6 Å². The third-order valence-electron chi connectivity index (χ3n) is 5.52. The molecule has 34 heavy (non-hydrogen) atoms. The highest BCUT2D eigenvalue weighted by Crippen LogP contribution is 2.36. The molecule has 0 aliphatic heterocycles. The molecule has 0 atom stereocenters. The van der Waals surface area contributed by atoms with Crippen LogP contribution in [0.5, 0.6) is 5.75 Å². The van der Waals surface area contributed by atoms with Crippen molar-refractivity contribution in [2.45, 2.75) is 26.2 Å². The van der Waals surface area contributed by atoms with Crippen LogP contribution < -0.4 is 10.5 Å². The number of carbonyl (C=O) groups is 2. The monoisotopic (exact) mass is 487 g/mol. The molecule has 8 nitrogen and oxygen atoms in total. The molecule has 1 aromatic heterocycles. The second-order valence-electron chi connectivity index (χ2n) is 7.69. The number of ether oxygens (including phenoxy) is 3. The number of aromatic nitrogens is 1. The molecule has 0 spiro atoms. The van der Waals surface area contributed by atoms with E-state index < -0.39 is 11.7 Å². The Bertz CT molecular complexity index is 1330. The van der Waals surface area contributed by atoms with Crippen molar-refractivity contribution < 1.29 is 28.2 Å². The first-order chi connectivity index (χ1) is 16.2. The highest BCUT2D eigenvalue weighted by molar-refractivity contribution is 6.33. The summed E-state index contributed by atoms with van der Waals surface area (Å²) in [6, 6.07) is 7.09. The highest BCUT2D eigenvalue weighted by Gasteiger charge is 2.20. The Hall–Kier alpha value is -3.52. The first kappa shape index (κ1) is 25.1. The number of unbranched alkanes of at least 4 members (excludes halogenated alkanes) is 1. The maximum atomic E-state index is 12.4. The van der Waals surface area contributed by atoms with E-state index in [0.717, 1.165) is 16.7 Å². The number of benzene rings is 2. The van der Waals surface area contributed by atoms with Crippen molar-refractivity contribution in [3.05, 3.63) is 68.2 Å². The standard InChI is InChI=1S/C25H26ClNO7/c1-14-10-15(13-20-22(14)34-25(30)27(20)2)17(8-6-7-9-21(28)31-3)16-11-18(24(29)33-5)23(32-4)19(26)12-16/h8,10-13H,6-7,9H2,1-5H3/b17-8+. The molecule has 0 aliphatic rings. The van der Waals surface area contributed by atoms with E-state index in [-0.39, 0.29) is 28.7 Å². The van der Waals surface area contributed by atoms with Gasteiger partial charge < -0.3 is 18.6 Å². The Balaban J connectivity index is 2.19. The minimum atomic E-state index is -0.588. The van der Waals surface area contributed by atoms with Crippen LogP contribution in [0.4, 0.5) is 0 Å². The van der Waals surface area contributed by atoms with Gasteiger partial charge in [-0.1, -0.05) is 17.7 Å². The first-order valence-corrected chi connectivity index (χ1v) is 10.9. The molecule has 0 radical (unpaired) electrons. The van der Waals surface area contributed by atoms with Crippen molar-refractivity contribution in [2.24, 2.45) is 7.05 Å². The number of allylic oxidation sites excluding steroid dienone is 1. The van der Waals surface area contributed by atoms with E-state index in [1.54, 1.807) is 19.2 Å². The minimum absolute atomic E-state index is 0.182. The Morgan fingerprint density at radius 3 is 2.44 bits per heavy atom. The van der Waals surface area contributed by atoms with E-state index in [4.69, 9.17) is 30.2 Å². The van der Waals surface area contributed by atoms with Gasteiger partial charge in [0.15, 0.2) is 11.3 Å². The summed E-state index contributed by atoms with van der Waals surface area (Å²) < 4.78 is 21.7. The molecule has 0 fully saturated rings. The second kappa shape index (κ2) is 10.6. The van der Waals surface area contributed by atoms with E-state index in [1.807, 2.05) is 25.1 Å². The summed E-state index contributed by atoms with van der Waals surface area (Å²) in [5.41, 5.74) is 4.30. The Morgan fingerprint density at radius 2 is 1.79 bits per heavy atom. The van der Waals surface area contributed by atoms with Gasteiger partial charge in [0.25, 0.3) is 0 Å². The summed E-state index contributed by atoms with van der Waals surface area (Å²) in [6.45, 7) is 1.85. The number of methoxy groups -OCH3 is 3. The summed E-state index contributed by atoms with van der Waals surface area (Å²) in [4.78, 5) is 36.0. The van der Waals surface area contributed by atoms with E-state index in [9.17, 15) is 14.4 Å². The molecule has 180 valence electrons. The van der Waals surface area contributed by atoms with Gasteiger partial charge >= 0.3 is 17.7 Å². The second-order valence-corrected chi connectivity index (χ2v) is 8.09. The third-order valence-corrected chi connectivity index (χ3v) is 5.80. The van der Waals surface area contributed by atoms with Crippen molar-refractivity contribution >= 4 is 40.2 Å². The van der Waals surface area contributed by atoms with Gasteiger partial charge in [-0.2, -0.15) is 0 Å². The molecular weight excluding hydrogens is 462 g/mol. The SMILES string of the molecule is COC(=O)CCC/C=C(/c1cc(Cl)c(OC)c(C(=O)OC)c1)c1cc(C)c2oc(=O)n(C)c2c1. The normalized spacial score (nSPS) is 11.5. The third kappa shape index (κ3) is 5.02. The molecule has 0 saturated carbocycles. The number of hydrogen-bond acceptors (Lipinski definition) is 7. The molecule has 0 bridgehead atoms. The van der Waals surface area contributed by atoms with Crippen LogP contribution in [0.25, 0.3) is 16.7 Å². The topological polar surface area (TPSA) is 97.0 Å². The van der Waals surface area contributed by atoms with Crippen molar-refractivity contribution in [3.8, 4) is 5.75 Å². The number of carbonyl (C=O) groups excluding carboxylic acids is 2. The summed E-state index contributed by atoms with van der Waals surface area (Å²) in [6.07, 6.45) is 3.35. The lowest BCUT2D eigenvalue weighted by Crippen LogP contribution is -2.08. The lowest BCUT2D eigenvalue weighted by atomic mass is 9.93. The van der Waals surface area contributed by atoms with E-state index >= 15 is 0 Å². The molecule has 0 unspecified atom stereocenters. The molecule has 0 aliphatic carbocycles. The average molecular weight is 488 g/mol. The van der Waals surface area contributed by atoms with Crippen LogP contribution in [-0.2, 0) is 21.3 Å². The van der Waals surface area contributed by atoms with Crippen LogP contribution in [0.3, 0.4) is 0 Å². The van der Waals surface area contributed by atoms with E-state index in [0.29, 0.717) is 29.5 Å². The number of nitrogens with zero attached hydrogens (tertiary/aromatic N) is 1. The lowest BCUT2D eigenvalue weighted by molar-refractivity contribution is -0.140. The van der Waals surface area contributed by atoms with Gasteiger partial charge in [0.1, 0.15) is 5.56 Å². The van der Waals surface area contributed by atoms with Crippen LogP contribution in [-0.4, -0.2) is 37.8 Å². The zero-order valence-electron chi connectivity index (χ0n) is 19.7. The van der Waals surface area contributed by atoms with Crippen molar-refractivity contribution in [2.75, 3.05) is 21.3 Å². The van der Waals surface area contributed by atoms with Gasteiger partial charge in [-0.3, -0.25) is 9.36 Å². The maximum Gasteiger partial charge on any atom is 0.419 e. The first-order valence-electron chi connectivity index (χ1n) is 10.6. The van der Waals surface area contributed by atoms with E-state index in [1.165, 1.54) is 25.9 Å². The lowest BCUT2D eigenvalue weighted by Gasteiger charge is -2.15. The van der Waals surface area contributed by atoms with Gasteiger partial charge in [-0.15, -0.1) is 0 Å². The summed E-state index contributed by atoms with van der Waals surface area (Å²) >= 11 is 6.46. The van der Waals surface area contributed by atoms with Crippen LogP contribution in [0.1, 0.15) is 46.3 Å². The van der Waals surface area contributed by atoms with Gasteiger partial charge in [-0.05, 0) is 66.3 Å². The summed E-state index contributed by atoms with van der Waals surface area (Å²) in [5, 5.41) is 0.245. The number of oxazole rings is 1. The Labute approximate surface area is 201 Å². The number of aryl methyl sites for hydroxylation is 2. The number of esters is 2. The number of fused-ring (bicyclic) bond motifs is 1. The molecule has 0 N–H and O–H groups in total. The molecule has 3 aromatic rings. The maximum absolute atomic E-state index is 12.4. The zero-order chi connectivity index (χ0) is 25.0. The largest absolute Gasteiger partial charge is 0.494 e. The van der Waals surface area contributed by atoms with Crippen LogP contribution in [0, 0.1) is 6.92 Å². The van der Waals surface area contributed by atoms with Crippen molar-refractivity contribution in [1.29, 1.82) is 0 Å². The van der Waals surface area contributed by atoms with Crippen molar-refractivity contribution in [1.82, 2.24) is 4.57 Å². The fourth-order valence-corrected chi connectivity index (χ4v) is 4.06. The molecule has 0 amide bonds. The quantitative estimate of drug-likeness (QED) is 0.336. The van der Waals surface area contributed by atoms with Crippen LogP contribution in [0.2, 0.25) is 5.02 Å². The Morgan fingerprint density at radius 1 is 1.09 bits per heavy atom. The predicted octanol–water partition coefficient (Wildman–Crippen LogP) is 4.66. The molecule has 0 saturated heterocycles. The van der Waals surface area contributed by atoms with Gasteiger partial charge in [0.05, 0.1) is 31.9 Å². The molecule has 3 rings (SSSR count). The van der Waals surface area contributed by atoms with Crippen molar-refractivity contribution in [3.63, 3.8) is 0 Å². The fraction of sp³-hybridized carbons (Fsp3) is 0.320. The van der Waals surface area contributed by atoms with Crippen LogP contribution >= 0.6 is 11.6 Å². The number of rotatable bonds is 8. The fourth-order valence-electron chi connectivity index (χ4n) is 3.76. The molecular formula is C25H26ClNO7. The smallest absolute Gasteiger partial charge is 0.419 e. The zero-order valence-corrected chi connectivity index (χ0v) is 20.4. The summed E-state index contributed by atoms with van der Waals surface area (Å²) in [5.74, 6) is -1.12. The molecule has 1 heterocycles. The number of hydrogen-bond donors (Lipinski definition) is 0. The van der Waals surface area contributed by atoms with E-state index in [2.05, 4.69) is 0 Å². The Kier molecular flexibility index (Phi) is 7.83.